The lowest BCUT2D eigenvalue weighted by Crippen LogP contribution is -2.15. The van der Waals surface area contributed by atoms with Crippen molar-refractivity contribution >= 4 is 54.6 Å². The predicted molar refractivity (Wildman–Crippen MR) is 133 cm³/mol. The van der Waals surface area contributed by atoms with Crippen molar-refractivity contribution in [3.05, 3.63) is 70.7 Å². The average Bonchev–Trinajstić information content (AvgIpc) is 2.74. The molecule has 0 unspecified atom stereocenters. The molecule has 0 aromatic heterocycles. The third-order valence-electron chi connectivity index (χ3n) is 4.36. The number of halogens is 2. The maximum absolute atomic E-state index is 12.9. The Bertz CT molecular complexity index is 1360. The number of hydrogen-bond donors (Lipinski definition) is 2. The highest BCUT2D eigenvalue weighted by Crippen LogP contribution is 2.31. The van der Waals surface area contributed by atoms with Crippen LogP contribution in [-0.4, -0.2) is 30.0 Å². The Morgan fingerprint density at radius 3 is 1.74 bits per heavy atom. The number of benzene rings is 3. The van der Waals surface area contributed by atoms with Gasteiger partial charge in [-0.1, -0.05) is 23.2 Å². The van der Waals surface area contributed by atoms with Gasteiger partial charge in [-0.25, -0.2) is 16.8 Å². The predicted octanol–water partition coefficient (Wildman–Crippen LogP) is 5.39. The van der Waals surface area contributed by atoms with Gasteiger partial charge < -0.3 is 9.47 Å². The molecule has 3 aromatic carbocycles. The van der Waals surface area contributed by atoms with Crippen molar-refractivity contribution in [2.45, 2.75) is 23.6 Å². The minimum absolute atomic E-state index is 0.0318. The number of ether oxygens (including phenoxy) is 2. The second-order valence-corrected chi connectivity index (χ2v) is 11.1. The van der Waals surface area contributed by atoms with E-state index in [2.05, 4.69) is 9.44 Å². The largest absolute Gasteiger partial charge is 0.490 e. The van der Waals surface area contributed by atoms with E-state index in [1.807, 2.05) is 6.92 Å². The molecule has 0 saturated heterocycles. The third-order valence-corrected chi connectivity index (χ3v) is 7.57. The molecular formula is C22H22Cl2N2O6S2. The molecule has 0 aliphatic carbocycles. The van der Waals surface area contributed by atoms with Crippen molar-refractivity contribution in [2.24, 2.45) is 0 Å². The minimum Gasteiger partial charge on any atom is -0.490 e. The topological polar surface area (TPSA) is 111 Å². The quantitative estimate of drug-likeness (QED) is 0.353. The molecule has 0 saturated carbocycles. The fraction of sp³-hybridized carbons (Fsp3) is 0.182. The summed E-state index contributed by atoms with van der Waals surface area (Å²) in [6.07, 6.45) is 0. The van der Waals surface area contributed by atoms with Crippen LogP contribution in [0.4, 0.5) is 11.4 Å². The molecule has 0 fully saturated rings. The summed E-state index contributed by atoms with van der Waals surface area (Å²) >= 11 is 11.8. The summed E-state index contributed by atoms with van der Waals surface area (Å²) in [5.41, 5.74) is 0.375. The number of hydrogen-bond acceptors (Lipinski definition) is 6. The second kappa shape index (κ2) is 10.7. The van der Waals surface area contributed by atoms with Crippen LogP contribution in [0.5, 0.6) is 11.5 Å². The second-order valence-electron chi connectivity index (χ2n) is 6.87. The fourth-order valence-corrected chi connectivity index (χ4v) is 5.58. The van der Waals surface area contributed by atoms with E-state index in [9.17, 15) is 16.8 Å². The van der Waals surface area contributed by atoms with Crippen molar-refractivity contribution in [3.8, 4) is 11.5 Å². The van der Waals surface area contributed by atoms with Crippen molar-refractivity contribution in [1.29, 1.82) is 0 Å². The molecule has 0 heterocycles. The van der Waals surface area contributed by atoms with Crippen LogP contribution in [0.25, 0.3) is 0 Å². The van der Waals surface area contributed by atoms with Crippen molar-refractivity contribution in [3.63, 3.8) is 0 Å². The Balaban J connectivity index is 1.80. The molecule has 182 valence electrons. The van der Waals surface area contributed by atoms with Crippen LogP contribution in [0, 0.1) is 0 Å². The van der Waals surface area contributed by atoms with E-state index in [0.717, 1.165) is 0 Å². The van der Waals surface area contributed by atoms with Gasteiger partial charge in [0.15, 0.2) is 11.5 Å². The van der Waals surface area contributed by atoms with Gasteiger partial charge in [0.25, 0.3) is 20.0 Å². The van der Waals surface area contributed by atoms with Crippen LogP contribution < -0.4 is 18.9 Å². The van der Waals surface area contributed by atoms with Gasteiger partial charge in [0.05, 0.1) is 28.7 Å². The molecule has 0 aliphatic rings. The van der Waals surface area contributed by atoms with Gasteiger partial charge in [0, 0.05) is 21.8 Å². The summed E-state index contributed by atoms with van der Waals surface area (Å²) in [5, 5.41) is 0.550. The van der Waals surface area contributed by atoms with Crippen molar-refractivity contribution in [2.75, 3.05) is 22.7 Å². The van der Waals surface area contributed by atoms with Crippen LogP contribution in [0.2, 0.25) is 10.0 Å². The Kier molecular flexibility index (Phi) is 8.19. The van der Waals surface area contributed by atoms with Crippen LogP contribution in [0.15, 0.2) is 70.5 Å². The molecule has 3 aromatic rings. The van der Waals surface area contributed by atoms with Crippen LogP contribution in [0.1, 0.15) is 13.8 Å². The van der Waals surface area contributed by atoms with Gasteiger partial charge >= 0.3 is 0 Å². The molecule has 2 N–H and O–H groups in total. The zero-order valence-corrected chi connectivity index (χ0v) is 21.4. The van der Waals surface area contributed by atoms with Crippen molar-refractivity contribution < 1.29 is 26.3 Å². The Morgan fingerprint density at radius 1 is 0.647 bits per heavy atom. The highest BCUT2D eigenvalue weighted by molar-refractivity contribution is 7.93. The molecule has 0 aliphatic heterocycles. The number of nitrogens with one attached hydrogen (secondary N) is 2. The highest BCUT2D eigenvalue weighted by Gasteiger charge is 2.19. The zero-order valence-electron chi connectivity index (χ0n) is 18.2. The van der Waals surface area contributed by atoms with Crippen LogP contribution in [0.3, 0.4) is 0 Å². The van der Waals surface area contributed by atoms with Gasteiger partial charge in [-0.05, 0) is 68.4 Å². The average molecular weight is 545 g/mol. The normalized spacial score (nSPS) is 11.6. The van der Waals surface area contributed by atoms with Crippen LogP contribution >= 0.6 is 23.2 Å². The van der Waals surface area contributed by atoms with Gasteiger partial charge in [-0.3, -0.25) is 9.44 Å². The SMILES string of the molecule is CCOc1ccc(S(=O)(=O)Nc2ccc(S(=O)(=O)Nc3cc(Cl)cc(Cl)c3)cc2)cc1OCC. The maximum Gasteiger partial charge on any atom is 0.262 e. The molecule has 0 spiro atoms. The van der Waals surface area contributed by atoms with Crippen molar-refractivity contribution in [1.82, 2.24) is 0 Å². The van der Waals surface area contributed by atoms with E-state index in [4.69, 9.17) is 32.7 Å². The summed E-state index contributed by atoms with van der Waals surface area (Å²) < 4.78 is 66.8. The Morgan fingerprint density at radius 2 is 1.15 bits per heavy atom. The Hall–Kier alpha value is -2.66. The standard InChI is InChI=1S/C22H22Cl2N2O6S2/c1-3-31-21-10-9-20(14-22(21)32-4-2)34(29,30)25-17-5-7-19(8-6-17)33(27,28)26-18-12-15(23)11-16(24)13-18/h5-14,25-26H,3-4H2,1-2H3. The first-order valence-electron chi connectivity index (χ1n) is 10.1. The van der Waals surface area contributed by atoms with Gasteiger partial charge in [0.1, 0.15) is 0 Å². The van der Waals surface area contributed by atoms with E-state index in [1.165, 1.54) is 60.7 Å². The first kappa shape index (κ1) is 26.0. The minimum atomic E-state index is -3.97. The molecule has 0 atom stereocenters. The summed E-state index contributed by atoms with van der Waals surface area (Å²) in [4.78, 5) is -0.109. The summed E-state index contributed by atoms with van der Waals surface area (Å²) in [5.74, 6) is 0.743. The summed E-state index contributed by atoms with van der Waals surface area (Å²) in [6, 6.07) is 13.8. The lowest BCUT2D eigenvalue weighted by molar-refractivity contribution is 0.287. The molecule has 34 heavy (non-hydrogen) atoms. The maximum atomic E-state index is 12.9. The molecule has 12 heteroatoms. The van der Waals surface area contributed by atoms with Gasteiger partial charge in [-0.15, -0.1) is 0 Å². The van der Waals surface area contributed by atoms with E-state index in [-0.39, 0.29) is 31.2 Å². The zero-order chi connectivity index (χ0) is 24.9. The number of sulfonamides is 2. The first-order chi connectivity index (χ1) is 16.0. The Labute approximate surface area is 208 Å². The lowest BCUT2D eigenvalue weighted by atomic mass is 10.3. The third kappa shape index (κ3) is 6.47. The molecule has 0 bridgehead atoms. The van der Waals surface area contributed by atoms with E-state index in [1.54, 1.807) is 6.92 Å². The fourth-order valence-electron chi connectivity index (χ4n) is 2.94. The first-order valence-corrected chi connectivity index (χ1v) is 13.8. The van der Waals surface area contributed by atoms with E-state index < -0.39 is 20.0 Å². The molecule has 8 nitrogen and oxygen atoms in total. The smallest absolute Gasteiger partial charge is 0.262 e. The highest BCUT2D eigenvalue weighted by atomic mass is 35.5. The van der Waals surface area contributed by atoms with Crippen LogP contribution in [-0.2, 0) is 20.0 Å². The number of anilines is 2. The van der Waals surface area contributed by atoms with Gasteiger partial charge in [0.2, 0.25) is 0 Å². The number of rotatable bonds is 10. The lowest BCUT2D eigenvalue weighted by Gasteiger charge is -2.14. The summed E-state index contributed by atoms with van der Waals surface area (Å²) in [6.45, 7) is 4.33. The molecule has 0 radical (unpaired) electrons. The molecule has 3 rings (SSSR count). The molecular weight excluding hydrogens is 523 g/mol. The van der Waals surface area contributed by atoms with E-state index in [0.29, 0.717) is 24.7 Å². The molecule has 0 amide bonds. The monoisotopic (exact) mass is 544 g/mol. The van der Waals surface area contributed by atoms with E-state index >= 15 is 0 Å². The summed E-state index contributed by atoms with van der Waals surface area (Å²) in [7, 11) is -7.93. The van der Waals surface area contributed by atoms with Gasteiger partial charge in [-0.2, -0.15) is 0 Å².